The Hall–Kier alpha value is 0.250. The van der Waals surface area contributed by atoms with Crippen molar-refractivity contribution in [3.8, 4) is 0 Å². The van der Waals surface area contributed by atoms with Crippen LogP contribution in [0.3, 0.4) is 0 Å². The minimum absolute atomic E-state index is 0.846. The van der Waals surface area contributed by atoms with Gasteiger partial charge in [0.2, 0.25) is 0 Å². The second-order valence-corrected chi connectivity index (χ2v) is 7.71. The van der Waals surface area contributed by atoms with Crippen LogP contribution >= 0.6 is 11.6 Å². The van der Waals surface area contributed by atoms with Crippen molar-refractivity contribution in [1.29, 1.82) is 0 Å². The molecule has 2 heteroatoms. The summed E-state index contributed by atoms with van der Waals surface area (Å²) in [5.41, 5.74) is 0. The van der Waals surface area contributed by atoms with Gasteiger partial charge in [0.15, 0.2) is 0 Å². The van der Waals surface area contributed by atoms with E-state index in [1.165, 1.54) is 103 Å². The van der Waals surface area contributed by atoms with Crippen molar-refractivity contribution in [2.24, 2.45) is 0 Å². The van der Waals surface area contributed by atoms with Crippen LogP contribution in [0.25, 0.3) is 0 Å². The van der Waals surface area contributed by atoms with Crippen LogP contribution in [-0.2, 0) is 0 Å². The summed E-state index contributed by atoms with van der Waals surface area (Å²) in [4.78, 5) is 2.00. The Labute approximate surface area is 153 Å². The molecule has 0 N–H and O–H groups in total. The van der Waals surface area contributed by atoms with Crippen LogP contribution in [0.2, 0.25) is 0 Å². The predicted molar refractivity (Wildman–Crippen MR) is 110 cm³/mol. The molecule has 0 radical (unpaired) electrons. The van der Waals surface area contributed by atoms with Gasteiger partial charge < -0.3 is 4.90 Å². The SMILES string of the molecule is CCCCCCCCCCCCCCCCCCCl.CN(C)C. The van der Waals surface area contributed by atoms with E-state index in [2.05, 4.69) is 6.92 Å². The second-order valence-electron chi connectivity index (χ2n) is 7.33. The molecule has 0 unspecified atom stereocenters. The van der Waals surface area contributed by atoms with Crippen LogP contribution in [0.4, 0.5) is 0 Å². The first-order valence-corrected chi connectivity index (χ1v) is 10.9. The molecular weight excluding hydrogens is 302 g/mol. The van der Waals surface area contributed by atoms with Crippen molar-refractivity contribution in [2.45, 2.75) is 110 Å². The average Bonchev–Trinajstić information content (AvgIpc) is 2.50. The van der Waals surface area contributed by atoms with Gasteiger partial charge >= 0.3 is 0 Å². The van der Waals surface area contributed by atoms with E-state index >= 15 is 0 Å². The number of alkyl halides is 1. The van der Waals surface area contributed by atoms with Gasteiger partial charge in [0.1, 0.15) is 0 Å². The summed E-state index contributed by atoms with van der Waals surface area (Å²) in [5, 5.41) is 0. The fourth-order valence-corrected chi connectivity index (χ4v) is 2.83. The van der Waals surface area contributed by atoms with Gasteiger partial charge in [-0.2, -0.15) is 0 Å². The number of halogens is 1. The normalized spacial score (nSPS) is 10.7. The topological polar surface area (TPSA) is 3.24 Å². The smallest absolute Gasteiger partial charge is 0.0223 e. The Kier molecular flexibility index (Phi) is 27.2. The van der Waals surface area contributed by atoms with E-state index in [1.807, 2.05) is 26.0 Å². The molecule has 0 aromatic heterocycles. The van der Waals surface area contributed by atoms with E-state index in [1.54, 1.807) is 0 Å². The Morgan fingerprint density at radius 1 is 0.478 bits per heavy atom. The van der Waals surface area contributed by atoms with Gasteiger partial charge in [-0.05, 0) is 27.6 Å². The molecule has 0 aliphatic rings. The highest BCUT2D eigenvalue weighted by Gasteiger charge is 1.94. The maximum absolute atomic E-state index is 5.66. The van der Waals surface area contributed by atoms with Crippen molar-refractivity contribution in [3.63, 3.8) is 0 Å². The predicted octanol–water partition coefficient (Wildman–Crippen LogP) is 7.66. The molecule has 0 aliphatic carbocycles. The lowest BCUT2D eigenvalue weighted by molar-refractivity contribution is 0.505. The molecule has 0 spiro atoms. The molecule has 0 amide bonds. The standard InChI is InChI=1S/C18H37Cl.C3H9N/c1-2-3-4-5-6-7-8-9-10-11-12-13-14-15-16-17-18-19;1-4(2)3/h2-18H2,1H3;1-3H3. The molecule has 0 aromatic carbocycles. The van der Waals surface area contributed by atoms with Crippen molar-refractivity contribution >= 4 is 11.6 Å². The molecule has 0 aliphatic heterocycles. The summed E-state index contributed by atoms with van der Waals surface area (Å²) in [7, 11) is 6.00. The Bertz CT molecular complexity index is 164. The largest absolute Gasteiger partial charge is 0.312 e. The highest BCUT2D eigenvalue weighted by atomic mass is 35.5. The summed E-state index contributed by atoms with van der Waals surface area (Å²) >= 11 is 5.66. The van der Waals surface area contributed by atoms with Gasteiger partial charge in [-0.3, -0.25) is 0 Å². The van der Waals surface area contributed by atoms with E-state index in [0.717, 1.165) is 5.88 Å². The lowest BCUT2D eigenvalue weighted by atomic mass is 10.0. The summed E-state index contributed by atoms with van der Waals surface area (Å²) in [5.74, 6) is 0.846. The summed E-state index contributed by atoms with van der Waals surface area (Å²) in [6, 6.07) is 0. The van der Waals surface area contributed by atoms with Gasteiger partial charge in [0.25, 0.3) is 0 Å². The third-order valence-electron chi connectivity index (χ3n) is 3.99. The Morgan fingerprint density at radius 2 is 0.696 bits per heavy atom. The molecule has 0 bridgehead atoms. The van der Waals surface area contributed by atoms with Gasteiger partial charge in [0.05, 0.1) is 0 Å². The lowest BCUT2D eigenvalue weighted by Gasteiger charge is -2.03. The van der Waals surface area contributed by atoms with Crippen molar-refractivity contribution in [2.75, 3.05) is 27.0 Å². The minimum Gasteiger partial charge on any atom is -0.312 e. The summed E-state index contributed by atoms with van der Waals surface area (Å²) < 4.78 is 0. The monoisotopic (exact) mass is 347 g/mol. The molecule has 0 saturated carbocycles. The highest BCUT2D eigenvalue weighted by molar-refractivity contribution is 6.17. The van der Waals surface area contributed by atoms with E-state index in [-0.39, 0.29) is 0 Å². The average molecular weight is 348 g/mol. The van der Waals surface area contributed by atoms with Crippen LogP contribution < -0.4 is 0 Å². The second kappa shape index (κ2) is 24.5. The number of unbranched alkanes of at least 4 members (excludes halogenated alkanes) is 15. The first-order valence-electron chi connectivity index (χ1n) is 10.3. The van der Waals surface area contributed by atoms with Crippen LogP contribution in [0.5, 0.6) is 0 Å². The lowest BCUT2D eigenvalue weighted by Crippen LogP contribution is -1.99. The third kappa shape index (κ3) is 34.6. The Balaban J connectivity index is 0. The number of hydrogen-bond acceptors (Lipinski definition) is 1. The minimum atomic E-state index is 0.846. The quantitative estimate of drug-likeness (QED) is 0.204. The maximum atomic E-state index is 5.66. The molecule has 0 fully saturated rings. The summed E-state index contributed by atoms with van der Waals surface area (Å²) in [6.45, 7) is 2.29. The van der Waals surface area contributed by atoms with Crippen LogP contribution in [0.1, 0.15) is 110 Å². The van der Waals surface area contributed by atoms with Crippen LogP contribution in [0, 0.1) is 0 Å². The number of nitrogens with zero attached hydrogens (tertiary/aromatic N) is 1. The first-order chi connectivity index (χ1) is 11.1. The molecule has 1 nitrogen and oxygen atoms in total. The third-order valence-corrected chi connectivity index (χ3v) is 4.25. The zero-order chi connectivity index (χ0) is 17.6. The van der Waals surface area contributed by atoms with E-state index < -0.39 is 0 Å². The van der Waals surface area contributed by atoms with Gasteiger partial charge in [-0.15, -0.1) is 11.6 Å². The Morgan fingerprint density at radius 3 is 0.913 bits per heavy atom. The molecule has 0 aromatic rings. The zero-order valence-electron chi connectivity index (χ0n) is 16.8. The summed E-state index contributed by atoms with van der Waals surface area (Å²) in [6.07, 6.45) is 22.8. The van der Waals surface area contributed by atoms with Crippen molar-refractivity contribution in [1.82, 2.24) is 4.90 Å². The molecule has 142 valence electrons. The van der Waals surface area contributed by atoms with Gasteiger partial charge in [0, 0.05) is 5.88 Å². The van der Waals surface area contributed by atoms with E-state index in [4.69, 9.17) is 11.6 Å². The fourth-order valence-electron chi connectivity index (χ4n) is 2.64. The van der Waals surface area contributed by atoms with E-state index in [9.17, 15) is 0 Å². The number of rotatable bonds is 16. The van der Waals surface area contributed by atoms with Gasteiger partial charge in [-0.1, -0.05) is 103 Å². The van der Waals surface area contributed by atoms with Crippen molar-refractivity contribution < 1.29 is 0 Å². The molecule has 0 heterocycles. The first kappa shape index (κ1) is 25.5. The molecule has 0 rings (SSSR count). The molecule has 23 heavy (non-hydrogen) atoms. The van der Waals surface area contributed by atoms with Gasteiger partial charge in [-0.25, -0.2) is 0 Å². The van der Waals surface area contributed by atoms with Crippen LogP contribution in [-0.4, -0.2) is 31.9 Å². The highest BCUT2D eigenvalue weighted by Crippen LogP contribution is 2.13. The number of hydrogen-bond donors (Lipinski definition) is 0. The van der Waals surface area contributed by atoms with Crippen molar-refractivity contribution in [3.05, 3.63) is 0 Å². The zero-order valence-corrected chi connectivity index (χ0v) is 17.6. The maximum Gasteiger partial charge on any atom is 0.0223 e. The van der Waals surface area contributed by atoms with E-state index in [0.29, 0.717) is 0 Å². The molecular formula is C21H46ClN. The van der Waals surface area contributed by atoms with Crippen LogP contribution in [0.15, 0.2) is 0 Å². The molecule has 0 atom stereocenters. The molecule has 0 saturated heterocycles. The fraction of sp³-hybridized carbons (Fsp3) is 1.00.